The van der Waals surface area contributed by atoms with Crippen LogP contribution in [0.25, 0.3) is 0 Å². The second-order valence-electron chi connectivity index (χ2n) is 7.06. The number of hydrogen-bond acceptors (Lipinski definition) is 4. The first-order valence-corrected chi connectivity index (χ1v) is 8.75. The predicted octanol–water partition coefficient (Wildman–Crippen LogP) is 2.40. The van der Waals surface area contributed by atoms with Gasteiger partial charge in [-0.2, -0.15) is 0 Å². The van der Waals surface area contributed by atoms with E-state index in [0.29, 0.717) is 24.5 Å². The Bertz CT molecular complexity index is 603. The van der Waals surface area contributed by atoms with Crippen molar-refractivity contribution in [1.29, 1.82) is 0 Å². The molecule has 2 fully saturated rings. The van der Waals surface area contributed by atoms with Crippen molar-refractivity contribution in [3.05, 3.63) is 23.8 Å². The molecule has 24 heavy (non-hydrogen) atoms. The SMILES string of the molecule is COc1ccc(CC(=O)N2CCC[C@]3(CCC[C@H]3O)C2)cc1OC. The second kappa shape index (κ2) is 7.01. The minimum absolute atomic E-state index is 0.0640. The largest absolute Gasteiger partial charge is 0.493 e. The lowest BCUT2D eigenvalue weighted by molar-refractivity contribution is -0.135. The fourth-order valence-corrected chi connectivity index (χ4v) is 4.25. The van der Waals surface area contributed by atoms with Gasteiger partial charge in [0.15, 0.2) is 11.5 Å². The van der Waals surface area contributed by atoms with Crippen molar-refractivity contribution in [2.75, 3.05) is 27.3 Å². The van der Waals surface area contributed by atoms with E-state index in [1.807, 2.05) is 23.1 Å². The molecule has 1 aromatic rings. The van der Waals surface area contributed by atoms with E-state index in [-0.39, 0.29) is 17.4 Å². The van der Waals surface area contributed by atoms with Crippen LogP contribution < -0.4 is 9.47 Å². The zero-order valence-corrected chi connectivity index (χ0v) is 14.6. The van der Waals surface area contributed by atoms with Gasteiger partial charge in [0, 0.05) is 18.5 Å². The third kappa shape index (κ3) is 3.22. The number of likely N-dealkylation sites (tertiary alicyclic amines) is 1. The first kappa shape index (κ1) is 17.1. The number of rotatable bonds is 4. The van der Waals surface area contributed by atoms with Gasteiger partial charge in [-0.05, 0) is 43.4 Å². The predicted molar refractivity (Wildman–Crippen MR) is 91.4 cm³/mol. The summed E-state index contributed by atoms with van der Waals surface area (Å²) in [5.41, 5.74) is 0.857. The molecule has 1 aromatic carbocycles. The lowest BCUT2D eigenvalue weighted by Crippen LogP contribution is -2.49. The number of nitrogens with zero attached hydrogens (tertiary/aromatic N) is 1. The van der Waals surface area contributed by atoms with Crippen molar-refractivity contribution < 1.29 is 19.4 Å². The summed E-state index contributed by atoms with van der Waals surface area (Å²) >= 11 is 0. The van der Waals surface area contributed by atoms with E-state index in [4.69, 9.17) is 9.47 Å². The minimum Gasteiger partial charge on any atom is -0.493 e. The number of ether oxygens (including phenoxy) is 2. The molecule has 1 spiro atoms. The zero-order valence-electron chi connectivity index (χ0n) is 14.6. The van der Waals surface area contributed by atoms with Crippen LogP contribution in [0.2, 0.25) is 0 Å². The summed E-state index contributed by atoms with van der Waals surface area (Å²) in [5, 5.41) is 10.4. The average molecular weight is 333 g/mol. The highest BCUT2D eigenvalue weighted by molar-refractivity contribution is 5.79. The first-order valence-electron chi connectivity index (χ1n) is 8.75. The van der Waals surface area contributed by atoms with Gasteiger partial charge in [-0.25, -0.2) is 0 Å². The van der Waals surface area contributed by atoms with E-state index in [9.17, 15) is 9.90 Å². The van der Waals surface area contributed by atoms with Crippen LogP contribution in [0.15, 0.2) is 18.2 Å². The molecule has 0 unspecified atom stereocenters. The lowest BCUT2D eigenvalue weighted by Gasteiger charge is -2.42. The molecule has 1 heterocycles. The Kier molecular flexibility index (Phi) is 4.99. The second-order valence-corrected chi connectivity index (χ2v) is 7.06. The van der Waals surface area contributed by atoms with Crippen molar-refractivity contribution in [2.24, 2.45) is 5.41 Å². The molecule has 5 nitrogen and oxygen atoms in total. The number of benzene rings is 1. The molecule has 3 rings (SSSR count). The third-order valence-electron chi connectivity index (χ3n) is 5.62. The van der Waals surface area contributed by atoms with E-state index >= 15 is 0 Å². The van der Waals surface area contributed by atoms with Gasteiger partial charge >= 0.3 is 0 Å². The summed E-state index contributed by atoms with van der Waals surface area (Å²) in [7, 11) is 3.20. The minimum atomic E-state index is -0.255. The smallest absolute Gasteiger partial charge is 0.227 e. The number of carbonyl (C=O) groups excluding carboxylic acids is 1. The fraction of sp³-hybridized carbons (Fsp3) is 0.632. The maximum absolute atomic E-state index is 12.7. The number of aliphatic hydroxyl groups is 1. The molecule has 132 valence electrons. The van der Waals surface area contributed by atoms with Crippen molar-refractivity contribution in [1.82, 2.24) is 4.90 Å². The number of aliphatic hydroxyl groups excluding tert-OH is 1. The van der Waals surface area contributed by atoms with Gasteiger partial charge in [0.25, 0.3) is 0 Å². The monoisotopic (exact) mass is 333 g/mol. The Morgan fingerprint density at radius 1 is 1.25 bits per heavy atom. The van der Waals surface area contributed by atoms with E-state index < -0.39 is 0 Å². The van der Waals surface area contributed by atoms with Crippen LogP contribution in [-0.4, -0.2) is 49.3 Å². The number of amides is 1. The molecule has 0 radical (unpaired) electrons. The molecule has 0 aromatic heterocycles. The van der Waals surface area contributed by atoms with Gasteiger partial charge in [-0.15, -0.1) is 0 Å². The Balaban J connectivity index is 1.68. The van der Waals surface area contributed by atoms with Crippen LogP contribution in [0.1, 0.15) is 37.7 Å². The van der Waals surface area contributed by atoms with Crippen LogP contribution in [0.5, 0.6) is 11.5 Å². The highest BCUT2D eigenvalue weighted by Crippen LogP contribution is 2.45. The summed E-state index contributed by atoms with van der Waals surface area (Å²) in [5.74, 6) is 1.43. The van der Waals surface area contributed by atoms with E-state index in [1.165, 1.54) is 0 Å². The lowest BCUT2D eigenvalue weighted by atomic mass is 9.76. The summed E-state index contributed by atoms with van der Waals surface area (Å²) < 4.78 is 10.6. The van der Waals surface area contributed by atoms with Gasteiger partial charge in [0.05, 0.1) is 26.7 Å². The third-order valence-corrected chi connectivity index (χ3v) is 5.62. The maximum atomic E-state index is 12.7. The van der Waals surface area contributed by atoms with Gasteiger partial charge in [-0.3, -0.25) is 4.79 Å². The number of piperidine rings is 1. The van der Waals surface area contributed by atoms with Crippen molar-refractivity contribution in [3.8, 4) is 11.5 Å². The topological polar surface area (TPSA) is 59.0 Å². The summed E-state index contributed by atoms with van der Waals surface area (Å²) in [4.78, 5) is 14.7. The molecule has 1 N–H and O–H groups in total. The van der Waals surface area contributed by atoms with Crippen molar-refractivity contribution in [3.63, 3.8) is 0 Å². The van der Waals surface area contributed by atoms with Gasteiger partial charge < -0.3 is 19.5 Å². The molecule has 5 heteroatoms. The Hall–Kier alpha value is -1.75. The zero-order chi connectivity index (χ0) is 17.2. The van der Waals surface area contributed by atoms with Crippen LogP contribution in [0, 0.1) is 5.41 Å². The Morgan fingerprint density at radius 2 is 2.00 bits per heavy atom. The van der Waals surface area contributed by atoms with Gasteiger partial charge in [-0.1, -0.05) is 12.5 Å². The van der Waals surface area contributed by atoms with Gasteiger partial charge in [0.1, 0.15) is 0 Å². The fourth-order valence-electron chi connectivity index (χ4n) is 4.25. The molecule has 1 saturated heterocycles. The Morgan fingerprint density at radius 3 is 2.67 bits per heavy atom. The highest BCUT2D eigenvalue weighted by atomic mass is 16.5. The first-order chi connectivity index (χ1) is 11.6. The van der Waals surface area contributed by atoms with Crippen molar-refractivity contribution in [2.45, 2.75) is 44.6 Å². The number of methoxy groups -OCH3 is 2. The molecule has 2 atom stereocenters. The molecule has 1 amide bonds. The quantitative estimate of drug-likeness (QED) is 0.919. The maximum Gasteiger partial charge on any atom is 0.227 e. The van der Waals surface area contributed by atoms with Gasteiger partial charge in [0.2, 0.25) is 5.91 Å². The van der Waals surface area contributed by atoms with E-state index in [1.54, 1.807) is 14.2 Å². The summed E-state index contributed by atoms with van der Waals surface area (Å²) in [6.07, 6.45) is 5.09. The molecule has 1 aliphatic carbocycles. The van der Waals surface area contributed by atoms with Crippen LogP contribution in [0.4, 0.5) is 0 Å². The number of hydrogen-bond donors (Lipinski definition) is 1. The molecular weight excluding hydrogens is 306 g/mol. The molecular formula is C19H27NO4. The molecule has 1 aliphatic heterocycles. The van der Waals surface area contributed by atoms with E-state index in [0.717, 1.165) is 44.2 Å². The summed E-state index contributed by atoms with van der Waals surface area (Å²) in [6.45, 7) is 1.49. The highest BCUT2D eigenvalue weighted by Gasteiger charge is 2.45. The van der Waals surface area contributed by atoms with Crippen LogP contribution in [0.3, 0.4) is 0 Å². The standard InChI is InChI=1S/C19H27NO4/c1-23-15-7-6-14(11-16(15)24-2)12-18(22)20-10-4-9-19(13-20)8-3-5-17(19)21/h6-7,11,17,21H,3-5,8-10,12-13H2,1-2H3/t17-,19-/m1/s1. The molecule has 0 bridgehead atoms. The summed E-state index contributed by atoms with van der Waals surface area (Å²) in [6, 6.07) is 5.60. The van der Waals surface area contributed by atoms with Crippen LogP contribution >= 0.6 is 0 Å². The number of carbonyl (C=O) groups is 1. The van der Waals surface area contributed by atoms with Crippen molar-refractivity contribution >= 4 is 5.91 Å². The molecule has 2 aliphatic rings. The molecule has 1 saturated carbocycles. The Labute approximate surface area is 143 Å². The average Bonchev–Trinajstić information content (AvgIpc) is 2.94. The van der Waals surface area contributed by atoms with E-state index in [2.05, 4.69) is 0 Å². The normalized spacial score (nSPS) is 26.6. The van der Waals surface area contributed by atoms with Crippen LogP contribution in [-0.2, 0) is 11.2 Å².